The quantitative estimate of drug-likeness (QED) is 0.436. The number of carbonyl (C=O) groups is 1. The van der Waals surface area contributed by atoms with Crippen molar-refractivity contribution in [3.8, 4) is 0 Å². The predicted molar refractivity (Wildman–Crippen MR) is 81.5 cm³/mol. The van der Waals surface area contributed by atoms with Crippen molar-refractivity contribution in [2.24, 2.45) is 5.92 Å². The lowest BCUT2D eigenvalue weighted by Gasteiger charge is -2.09. The molecule has 116 valence electrons. The van der Waals surface area contributed by atoms with Gasteiger partial charge in [-0.3, -0.25) is 14.9 Å². The average Bonchev–Trinajstić information content (AvgIpc) is 2.45. The molecule has 0 aliphatic heterocycles. The van der Waals surface area contributed by atoms with E-state index >= 15 is 0 Å². The SMILES string of the molecule is CNc1ncc([N+](=O)[O-])cc1C(=O)NCCCCC(C)C. The van der Waals surface area contributed by atoms with Gasteiger partial charge in [0.2, 0.25) is 0 Å². The largest absolute Gasteiger partial charge is 0.372 e. The summed E-state index contributed by atoms with van der Waals surface area (Å²) in [4.78, 5) is 26.2. The minimum Gasteiger partial charge on any atom is -0.372 e. The summed E-state index contributed by atoms with van der Waals surface area (Å²) in [6.45, 7) is 4.87. The van der Waals surface area contributed by atoms with Crippen molar-refractivity contribution in [3.63, 3.8) is 0 Å². The molecule has 0 aromatic carbocycles. The first kappa shape index (κ1) is 16.9. The van der Waals surface area contributed by atoms with Crippen LogP contribution in [0.2, 0.25) is 0 Å². The summed E-state index contributed by atoms with van der Waals surface area (Å²) < 4.78 is 0. The molecule has 0 saturated carbocycles. The van der Waals surface area contributed by atoms with Gasteiger partial charge in [-0.15, -0.1) is 0 Å². The third-order valence-corrected chi connectivity index (χ3v) is 3.06. The first-order valence-electron chi connectivity index (χ1n) is 7.06. The summed E-state index contributed by atoms with van der Waals surface area (Å²) in [6, 6.07) is 1.24. The summed E-state index contributed by atoms with van der Waals surface area (Å²) in [6.07, 6.45) is 4.19. The molecule has 7 nitrogen and oxygen atoms in total. The third-order valence-electron chi connectivity index (χ3n) is 3.06. The molecule has 0 fully saturated rings. The lowest BCUT2D eigenvalue weighted by molar-refractivity contribution is -0.385. The maximum atomic E-state index is 12.1. The molecule has 7 heteroatoms. The lowest BCUT2D eigenvalue weighted by atomic mass is 10.1. The normalized spacial score (nSPS) is 10.5. The van der Waals surface area contributed by atoms with Crippen molar-refractivity contribution in [1.82, 2.24) is 10.3 Å². The molecule has 2 N–H and O–H groups in total. The third kappa shape index (κ3) is 5.37. The van der Waals surface area contributed by atoms with Crippen LogP contribution in [-0.2, 0) is 0 Å². The summed E-state index contributed by atoms with van der Waals surface area (Å²) in [5.41, 5.74) is -0.00508. The smallest absolute Gasteiger partial charge is 0.288 e. The second-order valence-corrected chi connectivity index (χ2v) is 5.24. The lowest BCUT2D eigenvalue weighted by Crippen LogP contribution is -2.25. The van der Waals surface area contributed by atoms with E-state index in [-0.39, 0.29) is 17.2 Å². The summed E-state index contributed by atoms with van der Waals surface area (Å²) in [7, 11) is 1.62. The van der Waals surface area contributed by atoms with Gasteiger partial charge in [0.05, 0.1) is 10.5 Å². The number of nitrogens with one attached hydrogen (secondary N) is 2. The minimum absolute atomic E-state index is 0.190. The minimum atomic E-state index is -0.564. The molecular weight excluding hydrogens is 272 g/mol. The molecule has 1 rings (SSSR count). The number of pyridine rings is 1. The van der Waals surface area contributed by atoms with Gasteiger partial charge in [-0.25, -0.2) is 4.98 Å². The van der Waals surface area contributed by atoms with Crippen LogP contribution in [0.4, 0.5) is 11.5 Å². The number of nitro groups is 1. The molecule has 21 heavy (non-hydrogen) atoms. The number of anilines is 1. The first-order chi connectivity index (χ1) is 9.95. The van der Waals surface area contributed by atoms with Crippen LogP contribution >= 0.6 is 0 Å². The van der Waals surface area contributed by atoms with Gasteiger partial charge >= 0.3 is 0 Å². The molecule has 0 aliphatic carbocycles. The summed E-state index contributed by atoms with van der Waals surface area (Å²) in [5.74, 6) is 0.637. The fourth-order valence-corrected chi connectivity index (χ4v) is 1.90. The van der Waals surface area contributed by atoms with Gasteiger partial charge in [0.15, 0.2) is 0 Å². The number of aromatic nitrogens is 1. The molecule has 1 aromatic rings. The van der Waals surface area contributed by atoms with E-state index in [2.05, 4.69) is 29.5 Å². The van der Waals surface area contributed by atoms with Gasteiger partial charge in [-0.2, -0.15) is 0 Å². The average molecular weight is 294 g/mol. The van der Waals surface area contributed by atoms with Gasteiger partial charge in [-0.1, -0.05) is 26.7 Å². The monoisotopic (exact) mass is 294 g/mol. The van der Waals surface area contributed by atoms with Gasteiger partial charge in [-0.05, 0) is 12.3 Å². The number of carbonyl (C=O) groups excluding carboxylic acids is 1. The maximum Gasteiger partial charge on any atom is 0.288 e. The molecule has 0 aliphatic rings. The zero-order valence-corrected chi connectivity index (χ0v) is 12.7. The maximum absolute atomic E-state index is 12.1. The Morgan fingerprint density at radius 3 is 2.71 bits per heavy atom. The Morgan fingerprint density at radius 2 is 2.14 bits per heavy atom. The van der Waals surface area contributed by atoms with Crippen molar-refractivity contribution in [2.75, 3.05) is 18.9 Å². The van der Waals surface area contributed by atoms with Crippen molar-refractivity contribution < 1.29 is 9.72 Å². The molecular formula is C14H22N4O3. The van der Waals surface area contributed by atoms with Crippen LogP contribution in [0.15, 0.2) is 12.3 Å². The van der Waals surface area contributed by atoms with Gasteiger partial charge in [0.25, 0.3) is 11.6 Å². The molecule has 0 saturated heterocycles. The van der Waals surface area contributed by atoms with Gasteiger partial charge < -0.3 is 10.6 Å². The van der Waals surface area contributed by atoms with Crippen LogP contribution in [-0.4, -0.2) is 29.4 Å². The fourth-order valence-electron chi connectivity index (χ4n) is 1.90. The number of amides is 1. The Labute approximate surface area is 124 Å². The van der Waals surface area contributed by atoms with Crippen LogP contribution in [0.1, 0.15) is 43.5 Å². The number of nitrogens with zero attached hydrogens (tertiary/aromatic N) is 2. The Hall–Kier alpha value is -2.18. The van der Waals surface area contributed by atoms with Crippen LogP contribution < -0.4 is 10.6 Å². The van der Waals surface area contributed by atoms with E-state index in [4.69, 9.17) is 0 Å². The standard InChI is InChI=1S/C14H22N4O3/c1-10(2)6-4-5-7-16-14(19)12-8-11(18(20)21)9-17-13(12)15-3/h8-10H,4-7H2,1-3H3,(H,15,17)(H,16,19). The molecule has 0 atom stereocenters. The number of unbranched alkanes of at least 4 members (excludes halogenated alkanes) is 1. The van der Waals surface area contributed by atoms with Gasteiger partial charge in [0.1, 0.15) is 12.0 Å². The fraction of sp³-hybridized carbons (Fsp3) is 0.571. The van der Waals surface area contributed by atoms with E-state index in [9.17, 15) is 14.9 Å². The number of hydrogen-bond donors (Lipinski definition) is 2. The highest BCUT2D eigenvalue weighted by Crippen LogP contribution is 2.18. The molecule has 1 amide bonds. The highest BCUT2D eigenvalue weighted by Gasteiger charge is 2.17. The Kier molecular flexibility index (Phi) is 6.58. The first-order valence-corrected chi connectivity index (χ1v) is 7.06. The molecule has 0 unspecified atom stereocenters. The van der Waals surface area contributed by atoms with Crippen molar-refractivity contribution in [2.45, 2.75) is 33.1 Å². The van der Waals surface area contributed by atoms with Crippen molar-refractivity contribution in [1.29, 1.82) is 0 Å². The molecule has 1 heterocycles. The molecule has 0 spiro atoms. The second kappa shape index (κ2) is 8.18. The van der Waals surface area contributed by atoms with E-state index in [1.165, 1.54) is 6.07 Å². The van der Waals surface area contributed by atoms with E-state index < -0.39 is 4.92 Å². The Balaban J connectivity index is 2.63. The van der Waals surface area contributed by atoms with Crippen LogP contribution in [0.5, 0.6) is 0 Å². The van der Waals surface area contributed by atoms with Crippen molar-refractivity contribution >= 4 is 17.4 Å². The Morgan fingerprint density at radius 1 is 1.43 bits per heavy atom. The molecule has 0 bridgehead atoms. The second-order valence-electron chi connectivity index (χ2n) is 5.24. The predicted octanol–water partition coefficient (Wildman–Crippen LogP) is 2.59. The molecule has 1 aromatic heterocycles. The van der Waals surface area contributed by atoms with E-state index in [1.54, 1.807) is 7.05 Å². The van der Waals surface area contributed by atoms with E-state index in [0.29, 0.717) is 18.3 Å². The zero-order chi connectivity index (χ0) is 15.8. The number of hydrogen-bond acceptors (Lipinski definition) is 5. The Bertz CT molecular complexity index is 503. The van der Waals surface area contributed by atoms with Crippen LogP contribution in [0.3, 0.4) is 0 Å². The van der Waals surface area contributed by atoms with E-state index in [1.807, 2.05) is 0 Å². The van der Waals surface area contributed by atoms with Crippen LogP contribution in [0, 0.1) is 16.0 Å². The topological polar surface area (TPSA) is 97.2 Å². The zero-order valence-electron chi connectivity index (χ0n) is 12.7. The van der Waals surface area contributed by atoms with Crippen molar-refractivity contribution in [3.05, 3.63) is 27.9 Å². The summed E-state index contributed by atoms with van der Waals surface area (Å²) in [5, 5.41) is 16.3. The summed E-state index contributed by atoms with van der Waals surface area (Å²) >= 11 is 0. The van der Waals surface area contributed by atoms with Crippen LogP contribution in [0.25, 0.3) is 0 Å². The number of rotatable bonds is 8. The molecule has 0 radical (unpaired) electrons. The van der Waals surface area contributed by atoms with E-state index in [0.717, 1.165) is 25.5 Å². The highest BCUT2D eigenvalue weighted by molar-refractivity contribution is 5.99. The highest BCUT2D eigenvalue weighted by atomic mass is 16.6. The van der Waals surface area contributed by atoms with Gasteiger partial charge in [0, 0.05) is 19.7 Å².